The number of likely N-dealkylation sites (tertiary alicyclic amines) is 1. The Hall–Kier alpha value is -1.86. The monoisotopic (exact) mass is 270 g/mol. The molecule has 0 saturated carbocycles. The van der Waals surface area contributed by atoms with Crippen molar-refractivity contribution in [2.24, 2.45) is 11.8 Å². The molecule has 1 aromatic carbocycles. The summed E-state index contributed by atoms with van der Waals surface area (Å²) >= 11 is 0. The summed E-state index contributed by atoms with van der Waals surface area (Å²) in [7, 11) is 0. The number of benzene rings is 1. The molecule has 2 aliphatic heterocycles. The van der Waals surface area contributed by atoms with Crippen LogP contribution in [0.3, 0.4) is 0 Å². The molecule has 20 heavy (non-hydrogen) atoms. The molecule has 2 saturated heterocycles. The molecular formula is C16H18N2O2. The van der Waals surface area contributed by atoms with Crippen LogP contribution in [0.15, 0.2) is 18.2 Å². The minimum absolute atomic E-state index is 0.0386. The third-order valence-electron chi connectivity index (χ3n) is 4.43. The highest BCUT2D eigenvalue weighted by Gasteiger charge is 2.37. The van der Waals surface area contributed by atoms with E-state index >= 15 is 0 Å². The van der Waals surface area contributed by atoms with Crippen molar-refractivity contribution in [1.29, 1.82) is 5.26 Å². The summed E-state index contributed by atoms with van der Waals surface area (Å²) in [5.74, 6) is 1.24. The average Bonchev–Trinajstić information content (AvgIpc) is 2.91. The van der Waals surface area contributed by atoms with Crippen LogP contribution in [0.5, 0.6) is 0 Å². The normalized spacial score (nSPS) is 22.4. The second-order valence-corrected chi connectivity index (χ2v) is 5.74. The SMILES string of the molecule is Cc1ccc(C(=O)N2CC(C3CCOC3)C2)cc1C#N. The first-order valence-electron chi connectivity index (χ1n) is 7.07. The fourth-order valence-electron chi connectivity index (χ4n) is 2.96. The molecule has 2 fully saturated rings. The lowest BCUT2D eigenvalue weighted by Gasteiger charge is -2.42. The zero-order chi connectivity index (χ0) is 14.1. The van der Waals surface area contributed by atoms with Crippen LogP contribution in [0.4, 0.5) is 0 Å². The van der Waals surface area contributed by atoms with Crippen molar-refractivity contribution in [2.45, 2.75) is 13.3 Å². The molecule has 4 heteroatoms. The summed E-state index contributed by atoms with van der Waals surface area (Å²) < 4.78 is 5.40. The summed E-state index contributed by atoms with van der Waals surface area (Å²) in [5, 5.41) is 9.03. The van der Waals surface area contributed by atoms with E-state index in [0.29, 0.717) is 23.0 Å². The number of aryl methyl sites for hydroxylation is 1. The van der Waals surface area contributed by atoms with Crippen molar-refractivity contribution < 1.29 is 9.53 Å². The van der Waals surface area contributed by atoms with Crippen LogP contribution in [0.25, 0.3) is 0 Å². The van der Waals surface area contributed by atoms with Gasteiger partial charge < -0.3 is 9.64 Å². The molecule has 0 aliphatic carbocycles. The van der Waals surface area contributed by atoms with Gasteiger partial charge in [0.25, 0.3) is 5.91 Å². The first kappa shape index (κ1) is 13.1. The number of nitrogens with zero attached hydrogens (tertiary/aromatic N) is 2. The predicted molar refractivity (Wildman–Crippen MR) is 74.2 cm³/mol. The van der Waals surface area contributed by atoms with Crippen LogP contribution in [0.1, 0.15) is 27.9 Å². The molecule has 2 aliphatic rings. The number of nitriles is 1. The number of ether oxygens (including phenoxy) is 1. The molecule has 1 amide bonds. The molecule has 0 N–H and O–H groups in total. The quantitative estimate of drug-likeness (QED) is 0.825. The minimum atomic E-state index is 0.0386. The van der Waals surface area contributed by atoms with Gasteiger partial charge in [-0.15, -0.1) is 0 Å². The number of carbonyl (C=O) groups is 1. The molecule has 0 aromatic heterocycles. The Kier molecular flexibility index (Phi) is 3.45. The van der Waals surface area contributed by atoms with Crippen molar-refractivity contribution in [2.75, 3.05) is 26.3 Å². The maximum absolute atomic E-state index is 12.4. The van der Waals surface area contributed by atoms with Gasteiger partial charge in [0.2, 0.25) is 0 Å². The fraction of sp³-hybridized carbons (Fsp3) is 0.500. The van der Waals surface area contributed by atoms with Gasteiger partial charge in [-0.05, 0) is 42.9 Å². The van der Waals surface area contributed by atoms with E-state index in [1.165, 1.54) is 0 Å². The van der Waals surface area contributed by atoms with E-state index in [4.69, 9.17) is 10.00 Å². The number of hydrogen-bond acceptors (Lipinski definition) is 3. The van der Waals surface area contributed by atoms with Crippen molar-refractivity contribution in [3.8, 4) is 6.07 Å². The van der Waals surface area contributed by atoms with Gasteiger partial charge >= 0.3 is 0 Å². The van der Waals surface area contributed by atoms with E-state index in [2.05, 4.69) is 6.07 Å². The minimum Gasteiger partial charge on any atom is -0.381 e. The number of rotatable bonds is 2. The van der Waals surface area contributed by atoms with Gasteiger partial charge in [0, 0.05) is 31.9 Å². The van der Waals surface area contributed by atoms with E-state index in [0.717, 1.165) is 38.3 Å². The highest BCUT2D eigenvalue weighted by Crippen LogP contribution is 2.30. The third kappa shape index (κ3) is 2.30. The Bertz CT molecular complexity index is 564. The lowest BCUT2D eigenvalue weighted by molar-refractivity contribution is 0.0342. The molecule has 1 unspecified atom stereocenters. The van der Waals surface area contributed by atoms with E-state index in [1.54, 1.807) is 6.07 Å². The van der Waals surface area contributed by atoms with Gasteiger partial charge in [-0.25, -0.2) is 0 Å². The molecule has 4 nitrogen and oxygen atoms in total. The van der Waals surface area contributed by atoms with Gasteiger partial charge in [0.15, 0.2) is 0 Å². The lowest BCUT2D eigenvalue weighted by Crippen LogP contribution is -2.52. The molecular weight excluding hydrogens is 252 g/mol. The maximum atomic E-state index is 12.4. The highest BCUT2D eigenvalue weighted by atomic mass is 16.5. The molecule has 1 atom stereocenters. The zero-order valence-corrected chi connectivity index (χ0v) is 11.6. The van der Waals surface area contributed by atoms with E-state index in [1.807, 2.05) is 24.0 Å². The van der Waals surface area contributed by atoms with Crippen LogP contribution in [-0.2, 0) is 4.74 Å². The Morgan fingerprint density at radius 2 is 2.20 bits per heavy atom. The second kappa shape index (κ2) is 5.26. The topological polar surface area (TPSA) is 53.3 Å². The van der Waals surface area contributed by atoms with Crippen molar-refractivity contribution in [3.63, 3.8) is 0 Å². The van der Waals surface area contributed by atoms with Gasteiger partial charge in [0.1, 0.15) is 0 Å². The van der Waals surface area contributed by atoms with Crippen LogP contribution in [-0.4, -0.2) is 37.1 Å². The Balaban J connectivity index is 1.64. The second-order valence-electron chi connectivity index (χ2n) is 5.74. The van der Waals surface area contributed by atoms with Gasteiger partial charge in [-0.3, -0.25) is 4.79 Å². The van der Waals surface area contributed by atoms with Crippen LogP contribution in [0.2, 0.25) is 0 Å². The van der Waals surface area contributed by atoms with E-state index in [9.17, 15) is 4.79 Å². The van der Waals surface area contributed by atoms with E-state index in [-0.39, 0.29) is 5.91 Å². The molecule has 0 spiro atoms. The Morgan fingerprint density at radius 3 is 2.85 bits per heavy atom. The largest absolute Gasteiger partial charge is 0.381 e. The lowest BCUT2D eigenvalue weighted by atomic mass is 9.85. The van der Waals surface area contributed by atoms with Gasteiger partial charge in [-0.1, -0.05) is 6.07 Å². The van der Waals surface area contributed by atoms with E-state index < -0.39 is 0 Å². The van der Waals surface area contributed by atoms with Crippen LogP contribution >= 0.6 is 0 Å². The Labute approximate surface area is 118 Å². The van der Waals surface area contributed by atoms with Crippen LogP contribution < -0.4 is 0 Å². The van der Waals surface area contributed by atoms with Gasteiger partial charge in [-0.2, -0.15) is 5.26 Å². The van der Waals surface area contributed by atoms with Crippen molar-refractivity contribution in [3.05, 3.63) is 34.9 Å². The van der Waals surface area contributed by atoms with Crippen molar-refractivity contribution in [1.82, 2.24) is 4.90 Å². The summed E-state index contributed by atoms with van der Waals surface area (Å²) in [6.45, 7) is 5.23. The smallest absolute Gasteiger partial charge is 0.253 e. The molecule has 1 aromatic rings. The summed E-state index contributed by atoms with van der Waals surface area (Å²) in [6, 6.07) is 7.48. The predicted octanol–water partition coefficient (Wildman–Crippen LogP) is 1.98. The number of hydrogen-bond donors (Lipinski definition) is 0. The molecule has 3 rings (SSSR count). The first-order valence-corrected chi connectivity index (χ1v) is 7.07. The fourth-order valence-corrected chi connectivity index (χ4v) is 2.96. The highest BCUT2D eigenvalue weighted by molar-refractivity contribution is 5.95. The summed E-state index contributed by atoms with van der Waals surface area (Å²) in [4.78, 5) is 14.2. The maximum Gasteiger partial charge on any atom is 0.253 e. The molecule has 0 bridgehead atoms. The summed E-state index contributed by atoms with van der Waals surface area (Å²) in [5.41, 5.74) is 2.11. The Morgan fingerprint density at radius 1 is 1.40 bits per heavy atom. The standard InChI is InChI=1S/C16H18N2O2/c1-11-2-3-12(6-14(11)7-17)16(19)18-8-15(9-18)13-4-5-20-10-13/h2-3,6,13,15H,4-5,8-10H2,1H3. The van der Waals surface area contributed by atoms with Crippen molar-refractivity contribution >= 4 is 5.91 Å². The molecule has 104 valence electrons. The molecule has 2 heterocycles. The first-order chi connectivity index (χ1) is 9.69. The number of carbonyl (C=O) groups excluding carboxylic acids is 1. The molecule has 0 radical (unpaired) electrons. The van der Waals surface area contributed by atoms with Crippen LogP contribution in [0, 0.1) is 30.1 Å². The summed E-state index contributed by atoms with van der Waals surface area (Å²) in [6.07, 6.45) is 1.12. The van der Waals surface area contributed by atoms with Gasteiger partial charge in [0.05, 0.1) is 11.6 Å². The number of amides is 1. The zero-order valence-electron chi connectivity index (χ0n) is 11.6. The third-order valence-corrected chi connectivity index (χ3v) is 4.43. The average molecular weight is 270 g/mol.